The molecule has 1 unspecified atom stereocenters. The number of amides is 1. The Bertz CT molecular complexity index is 1070. The third-order valence-electron chi connectivity index (χ3n) is 5.10. The number of oxazole rings is 1. The lowest BCUT2D eigenvalue weighted by molar-refractivity contribution is 0.0926. The Labute approximate surface area is 203 Å². The summed E-state index contributed by atoms with van der Waals surface area (Å²) in [7, 11) is 0. The fourth-order valence-corrected chi connectivity index (χ4v) is 3.41. The van der Waals surface area contributed by atoms with Crippen molar-refractivity contribution in [1.82, 2.24) is 10.3 Å². The predicted octanol–water partition coefficient (Wildman–Crippen LogP) is 7.82. The summed E-state index contributed by atoms with van der Waals surface area (Å²) in [5.74, 6) is -0.0181. The van der Waals surface area contributed by atoms with Crippen molar-refractivity contribution in [2.75, 3.05) is 0 Å². The molecule has 1 N–H and O–H groups in total. The Hall–Kier alpha value is -2.44. The molecule has 0 aliphatic heterocycles. The summed E-state index contributed by atoms with van der Waals surface area (Å²) in [4.78, 5) is 16.1. The second kappa shape index (κ2) is 11.6. The zero-order valence-corrected chi connectivity index (χ0v) is 21.0. The van der Waals surface area contributed by atoms with E-state index >= 15 is 0 Å². The molecule has 33 heavy (non-hydrogen) atoms. The molecule has 2 aromatic carbocycles. The number of benzene rings is 2. The third kappa shape index (κ3) is 6.78. The molecule has 0 fully saturated rings. The van der Waals surface area contributed by atoms with Crippen molar-refractivity contribution in [2.45, 2.75) is 53.5 Å². The van der Waals surface area contributed by atoms with Crippen LogP contribution in [0.15, 0.2) is 40.8 Å². The highest BCUT2D eigenvalue weighted by Gasteiger charge is 2.20. The minimum Gasteiger partial charge on any atom is -0.441 e. The maximum absolute atomic E-state index is 13.7. The quantitative estimate of drug-likeness (QED) is 0.391. The molecule has 1 heterocycles. The molecule has 3 rings (SSSR count). The molecule has 1 atom stereocenters. The van der Waals surface area contributed by atoms with Crippen LogP contribution >= 0.6 is 23.2 Å². The summed E-state index contributed by atoms with van der Waals surface area (Å²) in [5, 5.41) is 3.15. The van der Waals surface area contributed by atoms with Crippen molar-refractivity contribution < 1.29 is 18.0 Å². The van der Waals surface area contributed by atoms with Crippen molar-refractivity contribution in [3.05, 3.63) is 75.1 Å². The molecular formula is C25H28Cl2F2N2O2. The average molecular weight is 497 g/mol. The fraction of sp³-hybridized carbons (Fsp3) is 0.360. The largest absolute Gasteiger partial charge is 0.441 e. The van der Waals surface area contributed by atoms with Gasteiger partial charge in [-0.25, -0.2) is 13.8 Å². The summed E-state index contributed by atoms with van der Waals surface area (Å²) in [6.45, 7) is 11.7. The van der Waals surface area contributed by atoms with Crippen LogP contribution in [0.4, 0.5) is 8.78 Å². The molecule has 0 aliphatic carbocycles. The summed E-state index contributed by atoms with van der Waals surface area (Å²) in [5.41, 5.74) is 0.972. The summed E-state index contributed by atoms with van der Waals surface area (Å²) < 4.78 is 32.6. The molecule has 178 valence electrons. The van der Waals surface area contributed by atoms with Crippen LogP contribution in [-0.4, -0.2) is 16.9 Å². The Morgan fingerprint density at radius 3 is 2.03 bits per heavy atom. The van der Waals surface area contributed by atoms with Crippen molar-refractivity contribution in [2.24, 2.45) is 5.92 Å². The Morgan fingerprint density at radius 2 is 1.55 bits per heavy atom. The SMILES string of the molecule is CC(C)C(C)NC(=O)c1c(F)cccc1Cl.Cc1oc(-c2c(F)cccc2Cl)nc1C(C)C. The second-order valence-corrected chi connectivity index (χ2v) is 9.13. The van der Waals surface area contributed by atoms with Gasteiger partial charge in [-0.2, -0.15) is 0 Å². The van der Waals surface area contributed by atoms with E-state index in [4.69, 9.17) is 27.6 Å². The number of rotatable bonds is 5. The van der Waals surface area contributed by atoms with Gasteiger partial charge in [0.1, 0.15) is 17.4 Å². The van der Waals surface area contributed by atoms with Crippen molar-refractivity contribution >= 4 is 29.1 Å². The number of carbonyl (C=O) groups is 1. The molecule has 0 radical (unpaired) electrons. The zero-order chi connectivity index (χ0) is 24.9. The van der Waals surface area contributed by atoms with E-state index in [2.05, 4.69) is 10.3 Å². The van der Waals surface area contributed by atoms with E-state index in [9.17, 15) is 13.6 Å². The molecule has 0 bridgehead atoms. The van der Waals surface area contributed by atoms with Gasteiger partial charge in [0.25, 0.3) is 5.91 Å². The van der Waals surface area contributed by atoms with E-state index in [0.717, 1.165) is 5.69 Å². The molecule has 1 amide bonds. The van der Waals surface area contributed by atoms with Crippen LogP contribution in [0.3, 0.4) is 0 Å². The number of nitrogens with zero attached hydrogens (tertiary/aromatic N) is 1. The van der Waals surface area contributed by atoms with Gasteiger partial charge in [-0.3, -0.25) is 4.79 Å². The maximum Gasteiger partial charge on any atom is 0.255 e. The van der Waals surface area contributed by atoms with Gasteiger partial charge >= 0.3 is 0 Å². The van der Waals surface area contributed by atoms with E-state index in [1.807, 2.05) is 41.5 Å². The van der Waals surface area contributed by atoms with Gasteiger partial charge in [0.15, 0.2) is 0 Å². The zero-order valence-electron chi connectivity index (χ0n) is 19.5. The van der Waals surface area contributed by atoms with Crippen LogP contribution in [-0.2, 0) is 0 Å². The summed E-state index contributed by atoms with van der Waals surface area (Å²) >= 11 is 11.8. The van der Waals surface area contributed by atoms with Crippen LogP contribution in [0, 0.1) is 24.5 Å². The highest BCUT2D eigenvalue weighted by molar-refractivity contribution is 6.34. The molecule has 0 saturated heterocycles. The topological polar surface area (TPSA) is 55.1 Å². The Morgan fingerprint density at radius 1 is 0.970 bits per heavy atom. The van der Waals surface area contributed by atoms with E-state index in [-0.39, 0.29) is 39.9 Å². The van der Waals surface area contributed by atoms with E-state index < -0.39 is 17.5 Å². The standard InChI is InChI=1S/C13H13ClFNO.C12H15ClFNO/c1-7(2)12-8(3)17-13(16-12)11-9(14)5-4-6-10(11)15;1-7(2)8(3)15-12(16)11-9(13)5-4-6-10(11)14/h4-7H,1-3H3;4-8H,1-3H3,(H,15,16). The Kier molecular flexibility index (Phi) is 9.44. The summed E-state index contributed by atoms with van der Waals surface area (Å²) in [6.07, 6.45) is 0. The fourth-order valence-electron chi connectivity index (χ4n) is 2.91. The first-order valence-electron chi connectivity index (χ1n) is 10.6. The van der Waals surface area contributed by atoms with Crippen molar-refractivity contribution in [3.8, 4) is 11.5 Å². The Balaban J connectivity index is 0.000000234. The highest BCUT2D eigenvalue weighted by Crippen LogP contribution is 2.32. The van der Waals surface area contributed by atoms with Crippen LogP contribution in [0.2, 0.25) is 10.0 Å². The molecule has 4 nitrogen and oxygen atoms in total. The molecular weight excluding hydrogens is 469 g/mol. The van der Waals surface area contributed by atoms with Gasteiger partial charge in [-0.05, 0) is 49.9 Å². The molecule has 0 aliphatic rings. The van der Waals surface area contributed by atoms with Crippen LogP contribution in [0.1, 0.15) is 62.3 Å². The molecule has 0 spiro atoms. The third-order valence-corrected chi connectivity index (χ3v) is 5.73. The first-order chi connectivity index (χ1) is 15.4. The van der Waals surface area contributed by atoms with Gasteiger partial charge in [-0.15, -0.1) is 0 Å². The smallest absolute Gasteiger partial charge is 0.255 e. The molecule has 3 aromatic rings. The minimum atomic E-state index is -0.596. The summed E-state index contributed by atoms with van der Waals surface area (Å²) in [6, 6.07) is 8.69. The van der Waals surface area contributed by atoms with Crippen LogP contribution in [0.25, 0.3) is 11.5 Å². The van der Waals surface area contributed by atoms with E-state index in [1.165, 1.54) is 24.3 Å². The number of aromatic nitrogens is 1. The van der Waals surface area contributed by atoms with Gasteiger partial charge in [0.2, 0.25) is 5.89 Å². The van der Waals surface area contributed by atoms with Crippen molar-refractivity contribution in [1.29, 1.82) is 0 Å². The number of aryl methyl sites for hydroxylation is 1. The molecule has 1 aromatic heterocycles. The maximum atomic E-state index is 13.7. The lowest BCUT2D eigenvalue weighted by atomic mass is 10.1. The van der Waals surface area contributed by atoms with Gasteiger partial charge in [0.05, 0.1) is 26.9 Å². The second-order valence-electron chi connectivity index (χ2n) is 8.31. The van der Waals surface area contributed by atoms with Crippen molar-refractivity contribution in [3.63, 3.8) is 0 Å². The van der Waals surface area contributed by atoms with E-state index in [0.29, 0.717) is 10.8 Å². The number of nitrogens with one attached hydrogen (secondary N) is 1. The first-order valence-corrected chi connectivity index (χ1v) is 11.4. The predicted molar refractivity (Wildman–Crippen MR) is 129 cm³/mol. The van der Waals surface area contributed by atoms with Crippen LogP contribution in [0.5, 0.6) is 0 Å². The van der Waals surface area contributed by atoms with Gasteiger partial charge in [-0.1, -0.05) is 63.0 Å². The molecule has 8 heteroatoms. The monoisotopic (exact) mass is 496 g/mol. The number of halogens is 4. The van der Waals surface area contributed by atoms with Crippen LogP contribution < -0.4 is 5.32 Å². The first kappa shape index (κ1) is 26.8. The lowest BCUT2D eigenvalue weighted by Gasteiger charge is -2.18. The lowest BCUT2D eigenvalue weighted by Crippen LogP contribution is -2.36. The number of hydrogen-bond donors (Lipinski definition) is 1. The minimum absolute atomic E-state index is 0.0248. The average Bonchev–Trinajstić information content (AvgIpc) is 3.09. The van der Waals surface area contributed by atoms with Gasteiger partial charge < -0.3 is 9.73 Å². The number of hydrogen-bond acceptors (Lipinski definition) is 3. The highest BCUT2D eigenvalue weighted by atomic mass is 35.5. The van der Waals surface area contributed by atoms with Gasteiger partial charge in [0, 0.05) is 6.04 Å². The molecule has 0 saturated carbocycles. The van der Waals surface area contributed by atoms with E-state index in [1.54, 1.807) is 12.1 Å². The normalized spacial score (nSPS) is 11.9. The number of carbonyl (C=O) groups excluding carboxylic acids is 1.